The fraction of sp³-hybridized carbons (Fsp3) is 0.562. The lowest BCUT2D eigenvalue weighted by Gasteiger charge is -2.36. The van der Waals surface area contributed by atoms with Gasteiger partial charge >= 0.3 is 0 Å². The van der Waals surface area contributed by atoms with E-state index in [9.17, 15) is 4.79 Å². The molecular formula is C16H24N2O. The van der Waals surface area contributed by atoms with Crippen molar-refractivity contribution in [1.82, 2.24) is 4.90 Å². The van der Waals surface area contributed by atoms with Gasteiger partial charge in [0.25, 0.3) is 0 Å². The average molecular weight is 260 g/mol. The highest BCUT2D eigenvalue weighted by Crippen LogP contribution is 2.29. The lowest BCUT2D eigenvalue weighted by molar-refractivity contribution is -0.140. The molecule has 0 saturated carbocycles. The van der Waals surface area contributed by atoms with Gasteiger partial charge in [-0.2, -0.15) is 0 Å². The van der Waals surface area contributed by atoms with Gasteiger partial charge in [-0.05, 0) is 38.2 Å². The van der Waals surface area contributed by atoms with Crippen LogP contribution in [-0.4, -0.2) is 30.4 Å². The third kappa shape index (κ3) is 3.16. The summed E-state index contributed by atoms with van der Waals surface area (Å²) in [6, 6.07) is 10.6. The number of hydrogen-bond donors (Lipinski definition) is 1. The molecule has 104 valence electrons. The first-order valence-corrected chi connectivity index (χ1v) is 7.09. The van der Waals surface area contributed by atoms with Crippen molar-refractivity contribution in [3.63, 3.8) is 0 Å². The Morgan fingerprint density at radius 2 is 1.84 bits per heavy atom. The Hall–Kier alpha value is -1.35. The van der Waals surface area contributed by atoms with Crippen LogP contribution in [0.5, 0.6) is 0 Å². The molecule has 1 fully saturated rings. The first kappa shape index (κ1) is 14.1. The Morgan fingerprint density at radius 1 is 1.26 bits per heavy atom. The smallest absolute Gasteiger partial charge is 0.229 e. The number of nitrogens with two attached hydrogens (primary N) is 1. The molecule has 0 bridgehead atoms. The van der Waals surface area contributed by atoms with Crippen LogP contribution < -0.4 is 5.73 Å². The van der Waals surface area contributed by atoms with E-state index in [0.29, 0.717) is 12.5 Å². The molecule has 1 aromatic carbocycles. The van der Waals surface area contributed by atoms with E-state index in [1.165, 1.54) is 5.56 Å². The van der Waals surface area contributed by atoms with Crippen molar-refractivity contribution in [3.8, 4) is 0 Å². The summed E-state index contributed by atoms with van der Waals surface area (Å²) in [7, 11) is 0. The van der Waals surface area contributed by atoms with Crippen LogP contribution in [0.15, 0.2) is 30.3 Å². The predicted molar refractivity (Wildman–Crippen MR) is 77.8 cm³/mol. The van der Waals surface area contributed by atoms with Crippen LogP contribution in [0.1, 0.15) is 38.2 Å². The van der Waals surface area contributed by atoms with E-state index in [1.54, 1.807) is 0 Å². The van der Waals surface area contributed by atoms with Crippen LogP contribution in [0.3, 0.4) is 0 Å². The molecule has 0 aromatic heterocycles. The molecule has 3 nitrogen and oxygen atoms in total. The van der Waals surface area contributed by atoms with Gasteiger partial charge in [0.2, 0.25) is 5.91 Å². The van der Waals surface area contributed by atoms with E-state index < -0.39 is 5.41 Å². The number of carbonyl (C=O) groups excluding carboxylic acids is 1. The van der Waals surface area contributed by atoms with Crippen molar-refractivity contribution in [2.75, 3.05) is 19.6 Å². The van der Waals surface area contributed by atoms with Gasteiger partial charge in [0.05, 0.1) is 5.41 Å². The number of nitrogens with zero attached hydrogens (tertiary/aromatic N) is 1. The molecule has 0 spiro atoms. The second-order valence-corrected chi connectivity index (χ2v) is 6.07. The molecule has 1 amide bonds. The van der Waals surface area contributed by atoms with Gasteiger partial charge < -0.3 is 10.6 Å². The van der Waals surface area contributed by atoms with Crippen molar-refractivity contribution >= 4 is 5.91 Å². The third-order valence-corrected chi connectivity index (χ3v) is 4.14. The fourth-order valence-electron chi connectivity index (χ4n) is 2.66. The normalized spacial score (nSPS) is 17.5. The topological polar surface area (TPSA) is 46.3 Å². The largest absolute Gasteiger partial charge is 0.342 e. The molecule has 2 N–H and O–H groups in total. The summed E-state index contributed by atoms with van der Waals surface area (Å²) in [5, 5.41) is 0. The van der Waals surface area contributed by atoms with Gasteiger partial charge in [0, 0.05) is 19.6 Å². The van der Waals surface area contributed by atoms with E-state index in [2.05, 4.69) is 24.3 Å². The number of carbonyl (C=O) groups is 1. The average Bonchev–Trinajstić information content (AvgIpc) is 2.47. The minimum atomic E-state index is -0.431. The van der Waals surface area contributed by atoms with Gasteiger partial charge in [0.1, 0.15) is 0 Å². The fourth-order valence-corrected chi connectivity index (χ4v) is 2.66. The van der Waals surface area contributed by atoms with E-state index in [1.807, 2.05) is 24.8 Å². The van der Waals surface area contributed by atoms with Crippen molar-refractivity contribution < 1.29 is 4.79 Å². The monoisotopic (exact) mass is 260 g/mol. The molecule has 0 aliphatic carbocycles. The SMILES string of the molecule is CC(C)(CN)C(=O)N1CCC(c2ccccc2)CC1. The predicted octanol–water partition coefficient (Wildman–Crippen LogP) is 2.38. The summed E-state index contributed by atoms with van der Waals surface area (Å²) < 4.78 is 0. The molecule has 1 aromatic rings. The van der Waals surface area contributed by atoms with E-state index in [4.69, 9.17) is 5.73 Å². The van der Waals surface area contributed by atoms with Crippen LogP contribution in [0.25, 0.3) is 0 Å². The maximum absolute atomic E-state index is 12.3. The van der Waals surface area contributed by atoms with E-state index in [0.717, 1.165) is 25.9 Å². The van der Waals surface area contributed by atoms with Gasteiger partial charge in [-0.1, -0.05) is 30.3 Å². The summed E-state index contributed by atoms with van der Waals surface area (Å²) in [5.41, 5.74) is 6.65. The molecule has 0 radical (unpaired) electrons. The summed E-state index contributed by atoms with van der Waals surface area (Å²) in [6.07, 6.45) is 2.10. The van der Waals surface area contributed by atoms with Gasteiger partial charge in [0.15, 0.2) is 0 Å². The Labute approximate surface area is 115 Å². The van der Waals surface area contributed by atoms with E-state index >= 15 is 0 Å². The number of likely N-dealkylation sites (tertiary alicyclic amines) is 1. The molecule has 1 aliphatic heterocycles. The molecular weight excluding hydrogens is 236 g/mol. The van der Waals surface area contributed by atoms with Crippen molar-refractivity contribution in [2.45, 2.75) is 32.6 Å². The summed E-state index contributed by atoms with van der Waals surface area (Å²) in [4.78, 5) is 14.3. The van der Waals surface area contributed by atoms with Crippen LogP contribution >= 0.6 is 0 Å². The number of hydrogen-bond acceptors (Lipinski definition) is 2. The summed E-state index contributed by atoms with van der Waals surface area (Å²) in [5.74, 6) is 0.785. The maximum Gasteiger partial charge on any atom is 0.229 e. The zero-order valence-corrected chi connectivity index (χ0v) is 11.9. The first-order valence-electron chi connectivity index (χ1n) is 7.09. The second kappa shape index (κ2) is 5.74. The van der Waals surface area contributed by atoms with Crippen molar-refractivity contribution in [3.05, 3.63) is 35.9 Å². The quantitative estimate of drug-likeness (QED) is 0.907. The lowest BCUT2D eigenvalue weighted by Crippen LogP contribution is -2.47. The molecule has 1 saturated heterocycles. The first-order chi connectivity index (χ1) is 9.04. The van der Waals surface area contributed by atoms with Gasteiger partial charge in [-0.15, -0.1) is 0 Å². The van der Waals surface area contributed by atoms with Crippen LogP contribution in [0.4, 0.5) is 0 Å². The molecule has 1 heterocycles. The third-order valence-electron chi connectivity index (χ3n) is 4.14. The minimum absolute atomic E-state index is 0.196. The van der Waals surface area contributed by atoms with E-state index in [-0.39, 0.29) is 5.91 Å². The van der Waals surface area contributed by atoms with Crippen LogP contribution in [0.2, 0.25) is 0 Å². The zero-order valence-electron chi connectivity index (χ0n) is 11.9. The zero-order chi connectivity index (χ0) is 13.9. The molecule has 1 aliphatic rings. The second-order valence-electron chi connectivity index (χ2n) is 6.07. The minimum Gasteiger partial charge on any atom is -0.342 e. The number of rotatable bonds is 3. The van der Waals surface area contributed by atoms with Crippen molar-refractivity contribution in [1.29, 1.82) is 0 Å². The molecule has 19 heavy (non-hydrogen) atoms. The van der Waals surface area contributed by atoms with Crippen LogP contribution in [0, 0.1) is 5.41 Å². The van der Waals surface area contributed by atoms with Crippen molar-refractivity contribution in [2.24, 2.45) is 11.1 Å². The molecule has 0 atom stereocenters. The molecule has 0 unspecified atom stereocenters. The van der Waals surface area contributed by atoms with Gasteiger partial charge in [-0.3, -0.25) is 4.79 Å². The summed E-state index contributed by atoms with van der Waals surface area (Å²) in [6.45, 7) is 5.96. The number of benzene rings is 1. The van der Waals surface area contributed by atoms with Crippen LogP contribution in [-0.2, 0) is 4.79 Å². The lowest BCUT2D eigenvalue weighted by atomic mass is 9.86. The number of amides is 1. The Bertz CT molecular complexity index is 420. The highest BCUT2D eigenvalue weighted by molar-refractivity contribution is 5.82. The molecule has 2 rings (SSSR count). The summed E-state index contributed by atoms with van der Waals surface area (Å²) >= 11 is 0. The highest BCUT2D eigenvalue weighted by Gasteiger charge is 2.33. The van der Waals surface area contributed by atoms with Gasteiger partial charge in [-0.25, -0.2) is 0 Å². The Balaban J connectivity index is 1.95. The standard InChI is InChI=1S/C16H24N2O/c1-16(2,12-17)15(19)18-10-8-14(9-11-18)13-6-4-3-5-7-13/h3-7,14H,8-12,17H2,1-2H3. The maximum atomic E-state index is 12.3. The highest BCUT2D eigenvalue weighted by atomic mass is 16.2. The number of piperidine rings is 1. The Morgan fingerprint density at radius 3 is 2.37 bits per heavy atom. The Kier molecular flexibility index (Phi) is 4.25. The molecule has 3 heteroatoms.